The topological polar surface area (TPSA) is 69.6 Å². The van der Waals surface area contributed by atoms with E-state index in [9.17, 15) is 14.7 Å². The molecule has 0 aromatic rings. The van der Waals surface area contributed by atoms with Crippen LogP contribution in [0.4, 0.5) is 4.79 Å². The first-order valence-corrected chi connectivity index (χ1v) is 8.07. The second-order valence-corrected chi connectivity index (χ2v) is 6.04. The van der Waals surface area contributed by atoms with Crippen molar-refractivity contribution in [3.63, 3.8) is 0 Å². The predicted molar refractivity (Wildman–Crippen MR) is 81.2 cm³/mol. The fraction of sp³-hybridized carbons (Fsp3) is 0.750. The molecule has 1 heterocycles. The fourth-order valence-electron chi connectivity index (χ4n) is 3.47. The Hall–Kier alpha value is -1.52. The van der Waals surface area contributed by atoms with E-state index in [1.54, 1.807) is 0 Å². The second kappa shape index (κ2) is 6.96. The van der Waals surface area contributed by atoms with Crippen molar-refractivity contribution in [2.45, 2.75) is 63.8 Å². The van der Waals surface area contributed by atoms with Gasteiger partial charge < -0.3 is 15.3 Å². The second-order valence-electron chi connectivity index (χ2n) is 6.04. The number of carbonyl (C=O) groups excluding carboxylic acids is 1. The van der Waals surface area contributed by atoms with Crippen LogP contribution >= 0.6 is 0 Å². The molecule has 2 amide bonds. The number of hydrogen-bond donors (Lipinski definition) is 2. The molecule has 0 aromatic heterocycles. The molecule has 0 spiro atoms. The lowest BCUT2D eigenvalue weighted by Gasteiger charge is -2.33. The number of amides is 2. The molecular formula is C16H26N2O3. The van der Waals surface area contributed by atoms with Gasteiger partial charge in [-0.1, -0.05) is 18.6 Å². The molecule has 118 valence electrons. The minimum atomic E-state index is -1.01. The zero-order valence-corrected chi connectivity index (χ0v) is 12.9. The average molecular weight is 294 g/mol. The Kier molecular flexibility index (Phi) is 5.26. The standard InChI is InChI=1S/C16H26N2O3/c1-2-16(14(19)20)10-6-12-18(16)15(21)17-11-9-13-7-4-3-5-8-13/h7H,2-6,8-12H2,1H3,(H,17,21)(H,19,20). The maximum atomic E-state index is 12.3. The lowest BCUT2D eigenvalue weighted by molar-refractivity contribution is -0.148. The number of likely N-dealkylation sites (tertiary alicyclic amines) is 1. The monoisotopic (exact) mass is 294 g/mol. The van der Waals surface area contributed by atoms with Crippen LogP contribution in [0.1, 0.15) is 58.3 Å². The molecule has 5 nitrogen and oxygen atoms in total. The van der Waals surface area contributed by atoms with Crippen LogP contribution in [0.25, 0.3) is 0 Å². The van der Waals surface area contributed by atoms with Gasteiger partial charge in [0, 0.05) is 13.1 Å². The summed E-state index contributed by atoms with van der Waals surface area (Å²) in [5.74, 6) is -0.882. The van der Waals surface area contributed by atoms with Crippen LogP contribution in [0.2, 0.25) is 0 Å². The first-order valence-electron chi connectivity index (χ1n) is 8.07. The van der Waals surface area contributed by atoms with E-state index in [0.717, 1.165) is 25.7 Å². The summed E-state index contributed by atoms with van der Waals surface area (Å²) in [6.07, 6.45) is 9.72. The number of hydrogen-bond acceptors (Lipinski definition) is 2. The van der Waals surface area contributed by atoms with E-state index in [1.165, 1.54) is 23.3 Å². The van der Waals surface area contributed by atoms with E-state index in [-0.39, 0.29) is 6.03 Å². The SMILES string of the molecule is CCC1(C(=O)O)CCCN1C(=O)NCCC1=CCCCC1. The van der Waals surface area contributed by atoms with E-state index in [0.29, 0.717) is 25.9 Å². The van der Waals surface area contributed by atoms with Gasteiger partial charge in [-0.2, -0.15) is 0 Å². The molecule has 0 bridgehead atoms. The Morgan fingerprint density at radius 1 is 1.38 bits per heavy atom. The molecule has 0 radical (unpaired) electrons. The molecule has 1 fully saturated rings. The van der Waals surface area contributed by atoms with E-state index >= 15 is 0 Å². The van der Waals surface area contributed by atoms with Gasteiger partial charge in [0.2, 0.25) is 0 Å². The van der Waals surface area contributed by atoms with Gasteiger partial charge in [-0.3, -0.25) is 0 Å². The lowest BCUT2D eigenvalue weighted by atomic mass is 9.93. The van der Waals surface area contributed by atoms with Crippen LogP contribution in [-0.2, 0) is 4.79 Å². The van der Waals surface area contributed by atoms with Crippen molar-refractivity contribution in [3.05, 3.63) is 11.6 Å². The van der Waals surface area contributed by atoms with Gasteiger partial charge in [-0.25, -0.2) is 9.59 Å². The van der Waals surface area contributed by atoms with Gasteiger partial charge in [0.15, 0.2) is 0 Å². The van der Waals surface area contributed by atoms with Crippen LogP contribution in [0.5, 0.6) is 0 Å². The normalized spacial score (nSPS) is 25.6. The first kappa shape index (κ1) is 15.9. The first-order chi connectivity index (χ1) is 10.1. The molecule has 1 aliphatic carbocycles. The van der Waals surface area contributed by atoms with E-state index in [4.69, 9.17) is 0 Å². The summed E-state index contributed by atoms with van der Waals surface area (Å²) >= 11 is 0. The number of carbonyl (C=O) groups is 2. The molecule has 2 N–H and O–H groups in total. The number of nitrogens with one attached hydrogen (secondary N) is 1. The van der Waals surface area contributed by atoms with Crippen molar-refractivity contribution in [3.8, 4) is 0 Å². The van der Waals surface area contributed by atoms with E-state index in [2.05, 4.69) is 11.4 Å². The van der Waals surface area contributed by atoms with Crippen molar-refractivity contribution < 1.29 is 14.7 Å². The maximum absolute atomic E-state index is 12.3. The Bertz CT molecular complexity index is 433. The van der Waals surface area contributed by atoms with Gasteiger partial charge in [-0.05, 0) is 51.4 Å². The number of carboxylic acids is 1. The summed E-state index contributed by atoms with van der Waals surface area (Å²) in [5, 5.41) is 12.4. The Labute approximate surface area is 126 Å². The summed E-state index contributed by atoms with van der Waals surface area (Å²) in [6, 6.07) is -0.229. The van der Waals surface area contributed by atoms with Gasteiger partial charge in [-0.15, -0.1) is 0 Å². The van der Waals surface area contributed by atoms with Gasteiger partial charge >= 0.3 is 12.0 Å². The molecule has 5 heteroatoms. The third kappa shape index (κ3) is 3.39. The number of nitrogens with zero attached hydrogens (tertiary/aromatic N) is 1. The highest BCUT2D eigenvalue weighted by Gasteiger charge is 2.48. The number of allylic oxidation sites excluding steroid dienone is 1. The van der Waals surface area contributed by atoms with Crippen molar-refractivity contribution >= 4 is 12.0 Å². The molecule has 1 unspecified atom stereocenters. The zero-order chi connectivity index (χ0) is 15.3. The minimum absolute atomic E-state index is 0.229. The maximum Gasteiger partial charge on any atom is 0.329 e. The Morgan fingerprint density at radius 2 is 2.19 bits per heavy atom. The summed E-state index contributed by atoms with van der Waals surface area (Å²) in [7, 11) is 0. The smallest absolute Gasteiger partial charge is 0.329 e. The van der Waals surface area contributed by atoms with Crippen LogP contribution in [0.15, 0.2) is 11.6 Å². The summed E-state index contributed by atoms with van der Waals surface area (Å²) in [5.41, 5.74) is 0.414. The minimum Gasteiger partial charge on any atom is -0.479 e. The molecule has 1 saturated heterocycles. The quantitative estimate of drug-likeness (QED) is 0.766. The summed E-state index contributed by atoms with van der Waals surface area (Å²) < 4.78 is 0. The highest BCUT2D eigenvalue weighted by Crippen LogP contribution is 2.32. The van der Waals surface area contributed by atoms with Crippen molar-refractivity contribution in [1.82, 2.24) is 10.2 Å². The van der Waals surface area contributed by atoms with Crippen LogP contribution in [-0.4, -0.2) is 40.6 Å². The van der Waals surface area contributed by atoms with Crippen molar-refractivity contribution in [2.24, 2.45) is 0 Å². The molecular weight excluding hydrogens is 268 g/mol. The Morgan fingerprint density at radius 3 is 2.81 bits per heavy atom. The van der Waals surface area contributed by atoms with Gasteiger partial charge in [0.05, 0.1) is 0 Å². The number of urea groups is 1. The average Bonchev–Trinajstić information content (AvgIpc) is 2.93. The van der Waals surface area contributed by atoms with E-state index < -0.39 is 11.5 Å². The molecule has 2 rings (SSSR count). The lowest BCUT2D eigenvalue weighted by Crippen LogP contribution is -2.55. The molecule has 0 saturated carbocycles. The van der Waals surface area contributed by atoms with Crippen molar-refractivity contribution in [2.75, 3.05) is 13.1 Å². The molecule has 1 atom stereocenters. The number of carboxylic acid groups (broad SMARTS) is 1. The molecule has 2 aliphatic rings. The highest BCUT2D eigenvalue weighted by atomic mass is 16.4. The highest BCUT2D eigenvalue weighted by molar-refractivity contribution is 5.87. The zero-order valence-electron chi connectivity index (χ0n) is 12.9. The van der Waals surface area contributed by atoms with Gasteiger partial charge in [0.25, 0.3) is 0 Å². The van der Waals surface area contributed by atoms with Gasteiger partial charge in [0.1, 0.15) is 5.54 Å². The Balaban J connectivity index is 1.87. The molecule has 0 aromatic carbocycles. The van der Waals surface area contributed by atoms with E-state index in [1.807, 2.05) is 6.92 Å². The molecule has 21 heavy (non-hydrogen) atoms. The number of rotatable bonds is 5. The van der Waals surface area contributed by atoms with Crippen molar-refractivity contribution in [1.29, 1.82) is 0 Å². The van der Waals surface area contributed by atoms with Crippen LogP contribution in [0, 0.1) is 0 Å². The third-order valence-corrected chi connectivity index (χ3v) is 4.82. The summed E-state index contributed by atoms with van der Waals surface area (Å²) in [6.45, 7) is 2.97. The fourth-order valence-corrected chi connectivity index (χ4v) is 3.47. The summed E-state index contributed by atoms with van der Waals surface area (Å²) in [4.78, 5) is 25.4. The largest absolute Gasteiger partial charge is 0.479 e. The van der Waals surface area contributed by atoms with Crippen LogP contribution < -0.4 is 5.32 Å². The van der Waals surface area contributed by atoms with Crippen LogP contribution in [0.3, 0.4) is 0 Å². The number of aliphatic carboxylic acids is 1. The third-order valence-electron chi connectivity index (χ3n) is 4.82. The molecule has 1 aliphatic heterocycles. The predicted octanol–water partition coefficient (Wildman–Crippen LogP) is 2.92.